The minimum atomic E-state index is 0.145. The Kier molecular flexibility index (Phi) is 5.87. The zero-order valence-electron chi connectivity index (χ0n) is 15.4. The van der Waals surface area contributed by atoms with Gasteiger partial charge in [-0.15, -0.1) is 11.8 Å². The molecule has 0 radical (unpaired) electrons. The monoisotopic (exact) mass is 383 g/mol. The highest BCUT2D eigenvalue weighted by molar-refractivity contribution is 7.99. The van der Waals surface area contributed by atoms with Gasteiger partial charge in [-0.05, 0) is 36.1 Å². The molecule has 4 rings (SSSR count). The summed E-state index contributed by atoms with van der Waals surface area (Å²) in [7, 11) is 0. The van der Waals surface area contributed by atoms with Crippen molar-refractivity contribution in [3.63, 3.8) is 0 Å². The third-order valence-electron chi connectivity index (χ3n) is 5.07. The van der Waals surface area contributed by atoms with Crippen LogP contribution < -0.4 is 9.47 Å². The smallest absolute Gasteiger partial charge is 0.233 e. The van der Waals surface area contributed by atoms with Gasteiger partial charge in [0.05, 0.1) is 25.0 Å². The Morgan fingerprint density at radius 1 is 1.04 bits per heavy atom. The Labute approximate surface area is 164 Å². The fourth-order valence-corrected chi connectivity index (χ4v) is 4.58. The molecule has 0 bridgehead atoms. The van der Waals surface area contributed by atoms with Gasteiger partial charge in [-0.25, -0.2) is 0 Å². The van der Waals surface area contributed by atoms with Crippen molar-refractivity contribution in [2.75, 3.05) is 25.5 Å². The topological polar surface area (TPSA) is 38.8 Å². The summed E-state index contributed by atoms with van der Waals surface area (Å²) in [5, 5.41) is 0. The average Bonchev–Trinajstić information content (AvgIpc) is 3.07. The molecule has 27 heavy (non-hydrogen) atoms. The molecule has 1 fully saturated rings. The normalized spacial score (nSPS) is 19.0. The van der Waals surface area contributed by atoms with E-state index in [1.165, 1.54) is 5.56 Å². The number of rotatable bonds is 5. The van der Waals surface area contributed by atoms with E-state index >= 15 is 0 Å². The number of hydrogen-bond acceptors (Lipinski definition) is 4. The third-order valence-corrected chi connectivity index (χ3v) is 6.06. The van der Waals surface area contributed by atoms with Gasteiger partial charge >= 0.3 is 0 Å². The van der Waals surface area contributed by atoms with Crippen LogP contribution in [0.3, 0.4) is 0 Å². The number of amides is 1. The van der Waals surface area contributed by atoms with E-state index in [1.54, 1.807) is 11.8 Å². The fraction of sp³-hybridized carbons (Fsp3) is 0.409. The van der Waals surface area contributed by atoms with Crippen LogP contribution in [0.25, 0.3) is 0 Å². The molecule has 2 aromatic rings. The Bertz CT molecular complexity index is 780. The molecule has 1 saturated heterocycles. The van der Waals surface area contributed by atoms with Crippen molar-refractivity contribution in [2.45, 2.75) is 31.1 Å². The first-order valence-electron chi connectivity index (χ1n) is 9.62. The maximum atomic E-state index is 12.8. The number of carbonyl (C=O) groups is 1. The molecule has 0 unspecified atom stereocenters. The Balaban J connectivity index is 1.39. The Morgan fingerprint density at radius 3 is 2.70 bits per heavy atom. The highest BCUT2D eigenvalue weighted by Crippen LogP contribution is 2.38. The van der Waals surface area contributed by atoms with Crippen LogP contribution in [0, 0.1) is 0 Å². The SMILES string of the molecule is O=C(CSCc1ccccc1)N1CCC[C@H]1c1ccc2c(c1)OCCCO2. The first-order chi connectivity index (χ1) is 13.3. The summed E-state index contributed by atoms with van der Waals surface area (Å²) < 4.78 is 11.6. The molecule has 2 aliphatic heterocycles. The zero-order valence-corrected chi connectivity index (χ0v) is 16.2. The molecular weight excluding hydrogens is 358 g/mol. The quantitative estimate of drug-likeness (QED) is 0.765. The molecule has 4 nitrogen and oxygen atoms in total. The van der Waals surface area contributed by atoms with E-state index in [-0.39, 0.29) is 11.9 Å². The van der Waals surface area contributed by atoms with Gasteiger partial charge in [0.25, 0.3) is 0 Å². The maximum Gasteiger partial charge on any atom is 0.233 e. The first-order valence-corrected chi connectivity index (χ1v) is 10.8. The fourth-order valence-electron chi connectivity index (χ4n) is 3.71. The lowest BCUT2D eigenvalue weighted by atomic mass is 10.0. The van der Waals surface area contributed by atoms with Crippen LogP contribution >= 0.6 is 11.8 Å². The summed E-state index contributed by atoms with van der Waals surface area (Å²) in [6.07, 6.45) is 2.96. The second-order valence-corrected chi connectivity index (χ2v) is 7.97. The number of ether oxygens (including phenoxy) is 2. The number of nitrogens with zero attached hydrogens (tertiary/aromatic N) is 1. The molecule has 1 amide bonds. The molecule has 142 valence electrons. The Hall–Kier alpha value is -2.14. The second kappa shape index (κ2) is 8.70. The van der Waals surface area contributed by atoms with E-state index in [0.717, 1.165) is 48.6 Å². The van der Waals surface area contributed by atoms with Crippen molar-refractivity contribution in [1.82, 2.24) is 4.90 Å². The van der Waals surface area contributed by atoms with Gasteiger partial charge in [0.15, 0.2) is 11.5 Å². The molecule has 2 aliphatic rings. The second-order valence-electron chi connectivity index (χ2n) is 6.98. The van der Waals surface area contributed by atoms with Crippen molar-refractivity contribution in [3.8, 4) is 11.5 Å². The minimum absolute atomic E-state index is 0.145. The van der Waals surface area contributed by atoms with E-state index in [4.69, 9.17) is 9.47 Å². The summed E-state index contributed by atoms with van der Waals surface area (Å²) >= 11 is 1.69. The predicted octanol–water partition coefficient (Wildman–Crippen LogP) is 4.44. The van der Waals surface area contributed by atoms with Gasteiger partial charge in [-0.3, -0.25) is 4.79 Å². The van der Waals surface area contributed by atoms with E-state index in [0.29, 0.717) is 19.0 Å². The van der Waals surface area contributed by atoms with E-state index in [1.807, 2.05) is 29.2 Å². The molecule has 0 spiro atoms. The molecule has 0 N–H and O–H groups in total. The molecule has 0 aliphatic carbocycles. The number of fused-ring (bicyclic) bond motifs is 1. The van der Waals surface area contributed by atoms with Gasteiger partial charge in [0.1, 0.15) is 0 Å². The van der Waals surface area contributed by atoms with Crippen LogP contribution in [0.2, 0.25) is 0 Å². The molecule has 2 heterocycles. The van der Waals surface area contributed by atoms with Crippen molar-refractivity contribution in [1.29, 1.82) is 0 Å². The number of likely N-dealkylation sites (tertiary alicyclic amines) is 1. The van der Waals surface area contributed by atoms with Crippen LogP contribution in [0.15, 0.2) is 48.5 Å². The molecule has 5 heteroatoms. The van der Waals surface area contributed by atoms with Crippen LogP contribution in [0.1, 0.15) is 36.4 Å². The van der Waals surface area contributed by atoms with Crippen molar-refractivity contribution >= 4 is 17.7 Å². The van der Waals surface area contributed by atoms with Crippen LogP contribution in [0.5, 0.6) is 11.5 Å². The summed E-state index contributed by atoms with van der Waals surface area (Å²) in [5.74, 6) is 3.24. The molecular formula is C22H25NO3S. The van der Waals surface area contributed by atoms with E-state index in [2.05, 4.69) is 24.3 Å². The first kappa shape index (κ1) is 18.2. The summed E-state index contributed by atoms with van der Waals surface area (Å²) in [5.41, 5.74) is 2.41. The van der Waals surface area contributed by atoms with Gasteiger partial charge in [-0.1, -0.05) is 36.4 Å². The largest absolute Gasteiger partial charge is 0.490 e. The highest BCUT2D eigenvalue weighted by Gasteiger charge is 2.30. The molecule has 1 atom stereocenters. The van der Waals surface area contributed by atoms with Crippen molar-refractivity contribution < 1.29 is 14.3 Å². The average molecular weight is 384 g/mol. The van der Waals surface area contributed by atoms with E-state index in [9.17, 15) is 4.79 Å². The Morgan fingerprint density at radius 2 is 1.85 bits per heavy atom. The van der Waals surface area contributed by atoms with E-state index < -0.39 is 0 Å². The summed E-state index contributed by atoms with van der Waals surface area (Å²) in [6, 6.07) is 16.6. The maximum absolute atomic E-state index is 12.8. The zero-order chi connectivity index (χ0) is 18.5. The van der Waals surface area contributed by atoms with Crippen molar-refractivity contribution in [2.24, 2.45) is 0 Å². The molecule has 0 aromatic heterocycles. The lowest BCUT2D eigenvalue weighted by Crippen LogP contribution is -2.32. The standard InChI is InChI=1S/C22H25NO3S/c24-22(16-27-15-17-6-2-1-3-7-17)23-11-4-8-19(23)18-9-10-20-21(14-18)26-13-5-12-25-20/h1-3,6-7,9-10,14,19H,4-5,8,11-13,15-16H2/t19-/m0/s1. The molecule has 0 saturated carbocycles. The number of thioether (sulfide) groups is 1. The number of benzene rings is 2. The third kappa shape index (κ3) is 4.41. The van der Waals surface area contributed by atoms with Crippen LogP contribution in [-0.2, 0) is 10.5 Å². The van der Waals surface area contributed by atoms with Gasteiger partial charge in [0.2, 0.25) is 5.91 Å². The predicted molar refractivity (Wildman–Crippen MR) is 108 cm³/mol. The minimum Gasteiger partial charge on any atom is -0.490 e. The van der Waals surface area contributed by atoms with Gasteiger partial charge < -0.3 is 14.4 Å². The van der Waals surface area contributed by atoms with Crippen LogP contribution in [-0.4, -0.2) is 36.3 Å². The van der Waals surface area contributed by atoms with Crippen molar-refractivity contribution in [3.05, 3.63) is 59.7 Å². The summed E-state index contributed by atoms with van der Waals surface area (Å²) in [6.45, 7) is 2.21. The molecule has 2 aromatic carbocycles. The number of carbonyl (C=O) groups excluding carboxylic acids is 1. The highest BCUT2D eigenvalue weighted by atomic mass is 32.2. The van der Waals surface area contributed by atoms with Gasteiger partial charge in [0, 0.05) is 18.7 Å². The van der Waals surface area contributed by atoms with Crippen LogP contribution in [0.4, 0.5) is 0 Å². The lowest BCUT2D eigenvalue weighted by molar-refractivity contribution is -0.129. The lowest BCUT2D eigenvalue weighted by Gasteiger charge is -2.25. The number of hydrogen-bond donors (Lipinski definition) is 0. The summed E-state index contributed by atoms with van der Waals surface area (Å²) in [4.78, 5) is 14.9. The van der Waals surface area contributed by atoms with Gasteiger partial charge in [-0.2, -0.15) is 0 Å².